The molecule has 1 aliphatic heterocycles. The molecule has 1 amide bonds. The Kier molecular flexibility index (Phi) is 6.26. The summed E-state index contributed by atoms with van der Waals surface area (Å²) in [7, 11) is -3.17. The highest BCUT2D eigenvalue weighted by atomic mass is 32.2. The number of hydrogen-bond acceptors (Lipinski definition) is 3. The van der Waals surface area contributed by atoms with Crippen molar-refractivity contribution in [2.75, 3.05) is 25.4 Å². The van der Waals surface area contributed by atoms with Gasteiger partial charge in [0.2, 0.25) is 15.9 Å². The quantitative estimate of drug-likeness (QED) is 0.799. The number of nitrogens with one attached hydrogen (secondary N) is 1. The fraction of sp³-hybridized carbons (Fsp3) is 0.923. The van der Waals surface area contributed by atoms with Gasteiger partial charge >= 0.3 is 0 Å². The van der Waals surface area contributed by atoms with Crippen molar-refractivity contribution in [2.24, 2.45) is 11.8 Å². The van der Waals surface area contributed by atoms with Gasteiger partial charge in [0.15, 0.2) is 0 Å². The molecule has 1 atom stereocenters. The summed E-state index contributed by atoms with van der Waals surface area (Å²) >= 11 is 0. The Morgan fingerprint density at radius 2 is 2.11 bits per heavy atom. The minimum Gasteiger partial charge on any atom is -0.356 e. The second-order valence-corrected chi connectivity index (χ2v) is 7.83. The van der Waals surface area contributed by atoms with Gasteiger partial charge in [-0.15, -0.1) is 0 Å². The number of hydrogen-bond donors (Lipinski definition) is 1. The second kappa shape index (κ2) is 7.24. The predicted molar refractivity (Wildman–Crippen MR) is 76.2 cm³/mol. The number of nitrogens with zero attached hydrogens (tertiary/aromatic N) is 1. The Bertz CT molecular complexity index is 393. The lowest BCUT2D eigenvalue weighted by Crippen LogP contribution is -2.46. The van der Waals surface area contributed by atoms with E-state index in [1.54, 1.807) is 6.92 Å². The minimum absolute atomic E-state index is 0.00310. The maximum absolute atomic E-state index is 12.0. The van der Waals surface area contributed by atoms with Crippen LogP contribution in [-0.2, 0) is 14.8 Å². The van der Waals surface area contributed by atoms with Gasteiger partial charge in [0, 0.05) is 19.6 Å². The van der Waals surface area contributed by atoms with Crippen molar-refractivity contribution in [1.82, 2.24) is 9.62 Å². The third-order valence-electron chi connectivity index (χ3n) is 3.53. The van der Waals surface area contributed by atoms with Gasteiger partial charge < -0.3 is 5.32 Å². The van der Waals surface area contributed by atoms with Crippen LogP contribution in [-0.4, -0.2) is 44.0 Å². The van der Waals surface area contributed by atoms with E-state index in [-0.39, 0.29) is 17.6 Å². The average Bonchev–Trinajstić information content (AvgIpc) is 2.38. The van der Waals surface area contributed by atoms with Crippen LogP contribution in [0.5, 0.6) is 0 Å². The highest BCUT2D eigenvalue weighted by Crippen LogP contribution is 2.19. The molecule has 1 aliphatic rings. The molecule has 112 valence electrons. The van der Waals surface area contributed by atoms with Crippen LogP contribution in [0.15, 0.2) is 0 Å². The van der Waals surface area contributed by atoms with Gasteiger partial charge in [-0.05, 0) is 32.1 Å². The molecule has 1 fully saturated rings. The summed E-state index contributed by atoms with van der Waals surface area (Å²) in [5.74, 6) is 0.469. The minimum atomic E-state index is -3.17. The van der Waals surface area contributed by atoms with Crippen molar-refractivity contribution in [3.63, 3.8) is 0 Å². The summed E-state index contributed by atoms with van der Waals surface area (Å²) in [5, 5.41) is 2.91. The van der Waals surface area contributed by atoms with Crippen LogP contribution in [0, 0.1) is 11.8 Å². The first-order chi connectivity index (χ1) is 8.86. The molecule has 0 saturated carbocycles. The Hall–Kier alpha value is -0.620. The van der Waals surface area contributed by atoms with Crippen molar-refractivity contribution in [3.8, 4) is 0 Å². The Balaban J connectivity index is 2.48. The molecular formula is C13H26N2O3S. The van der Waals surface area contributed by atoms with Gasteiger partial charge in [-0.25, -0.2) is 12.7 Å². The highest BCUT2D eigenvalue weighted by molar-refractivity contribution is 7.89. The molecule has 0 aromatic carbocycles. The maximum Gasteiger partial charge on any atom is 0.224 e. The van der Waals surface area contributed by atoms with Crippen molar-refractivity contribution in [3.05, 3.63) is 0 Å². The number of sulfonamides is 1. The Morgan fingerprint density at radius 3 is 2.68 bits per heavy atom. The Morgan fingerprint density at radius 1 is 1.42 bits per heavy atom. The summed E-state index contributed by atoms with van der Waals surface area (Å²) in [6.45, 7) is 7.43. The van der Waals surface area contributed by atoms with E-state index in [0.717, 1.165) is 19.3 Å². The molecule has 5 nitrogen and oxygen atoms in total. The molecule has 0 radical (unpaired) electrons. The van der Waals surface area contributed by atoms with Crippen molar-refractivity contribution in [2.45, 2.75) is 40.0 Å². The lowest BCUT2D eigenvalue weighted by molar-refractivity contribution is -0.126. The van der Waals surface area contributed by atoms with Gasteiger partial charge in [-0.1, -0.05) is 13.8 Å². The van der Waals surface area contributed by atoms with Gasteiger partial charge in [0.25, 0.3) is 0 Å². The van der Waals surface area contributed by atoms with E-state index in [2.05, 4.69) is 19.2 Å². The zero-order valence-corrected chi connectivity index (χ0v) is 13.0. The third-order valence-corrected chi connectivity index (χ3v) is 5.38. The van der Waals surface area contributed by atoms with Crippen LogP contribution in [0.2, 0.25) is 0 Å². The van der Waals surface area contributed by atoms with Gasteiger partial charge in [0.1, 0.15) is 0 Å². The second-order valence-electron chi connectivity index (χ2n) is 5.57. The Labute approximate surface area is 116 Å². The van der Waals surface area contributed by atoms with Crippen LogP contribution in [0.1, 0.15) is 40.0 Å². The highest BCUT2D eigenvalue weighted by Gasteiger charge is 2.31. The van der Waals surface area contributed by atoms with Gasteiger partial charge in [0.05, 0.1) is 11.7 Å². The van der Waals surface area contributed by atoms with E-state index in [1.165, 1.54) is 4.31 Å². The molecule has 1 saturated heterocycles. The normalized spacial score (nSPS) is 21.6. The molecule has 0 aliphatic carbocycles. The number of carbonyl (C=O) groups excluding carboxylic acids is 1. The summed E-state index contributed by atoms with van der Waals surface area (Å²) in [4.78, 5) is 12.0. The van der Waals surface area contributed by atoms with Crippen molar-refractivity contribution < 1.29 is 13.2 Å². The molecule has 0 bridgehead atoms. The summed E-state index contributed by atoms with van der Waals surface area (Å²) in [6, 6.07) is 0. The maximum atomic E-state index is 12.0. The van der Waals surface area contributed by atoms with E-state index >= 15 is 0 Å². The van der Waals surface area contributed by atoms with Crippen LogP contribution in [0.3, 0.4) is 0 Å². The fourth-order valence-corrected chi connectivity index (χ4v) is 3.40. The first-order valence-corrected chi connectivity index (χ1v) is 8.73. The fourth-order valence-electron chi connectivity index (χ4n) is 2.22. The standard InChI is InChI=1S/C13H26N2O3S/c1-4-19(17,18)15-9-5-6-12(10-15)13(16)14-8-7-11(2)3/h11-12H,4-10H2,1-3H3,(H,14,16)/t12-/m0/s1. The zero-order chi connectivity index (χ0) is 14.5. The van der Waals surface area contributed by atoms with Crippen LogP contribution >= 0.6 is 0 Å². The molecule has 0 aromatic rings. The zero-order valence-electron chi connectivity index (χ0n) is 12.2. The smallest absolute Gasteiger partial charge is 0.224 e. The van der Waals surface area contributed by atoms with E-state index in [9.17, 15) is 13.2 Å². The first-order valence-electron chi connectivity index (χ1n) is 7.12. The van der Waals surface area contributed by atoms with Crippen LogP contribution in [0.4, 0.5) is 0 Å². The van der Waals surface area contributed by atoms with E-state index in [4.69, 9.17) is 0 Å². The van der Waals surface area contributed by atoms with Crippen molar-refractivity contribution >= 4 is 15.9 Å². The molecule has 1 rings (SSSR count). The number of piperidine rings is 1. The van der Waals surface area contributed by atoms with Gasteiger partial charge in [-0.3, -0.25) is 4.79 Å². The molecule has 1 N–H and O–H groups in total. The summed E-state index contributed by atoms with van der Waals surface area (Å²) in [6.07, 6.45) is 2.50. The SMILES string of the molecule is CCS(=O)(=O)N1CCC[C@H](C(=O)NCCC(C)C)C1. The monoisotopic (exact) mass is 290 g/mol. The number of carbonyl (C=O) groups is 1. The lowest BCUT2D eigenvalue weighted by atomic mass is 9.98. The largest absolute Gasteiger partial charge is 0.356 e. The van der Waals surface area contributed by atoms with E-state index in [0.29, 0.717) is 25.6 Å². The van der Waals surface area contributed by atoms with Crippen LogP contribution < -0.4 is 5.32 Å². The topological polar surface area (TPSA) is 66.5 Å². The number of amides is 1. The van der Waals surface area contributed by atoms with Crippen molar-refractivity contribution in [1.29, 1.82) is 0 Å². The molecule has 0 aromatic heterocycles. The first kappa shape index (κ1) is 16.4. The molecule has 0 spiro atoms. The van der Waals surface area contributed by atoms with Gasteiger partial charge in [-0.2, -0.15) is 0 Å². The predicted octanol–water partition coefficient (Wildman–Crippen LogP) is 1.21. The summed E-state index contributed by atoms with van der Waals surface area (Å²) in [5.41, 5.74) is 0. The van der Waals surface area contributed by atoms with E-state index < -0.39 is 10.0 Å². The third kappa shape index (κ3) is 5.10. The van der Waals surface area contributed by atoms with Crippen LogP contribution in [0.25, 0.3) is 0 Å². The molecule has 1 heterocycles. The van der Waals surface area contributed by atoms with E-state index in [1.807, 2.05) is 0 Å². The summed E-state index contributed by atoms with van der Waals surface area (Å²) < 4.78 is 25.1. The molecule has 19 heavy (non-hydrogen) atoms. The lowest BCUT2D eigenvalue weighted by Gasteiger charge is -2.30. The molecule has 0 unspecified atom stereocenters. The molecule has 6 heteroatoms. The number of rotatable bonds is 6. The average molecular weight is 290 g/mol. The molecular weight excluding hydrogens is 264 g/mol.